The highest BCUT2D eigenvalue weighted by molar-refractivity contribution is 9.10. The molecular formula is C18H12BrFN2O2. The van der Waals surface area contributed by atoms with E-state index in [9.17, 15) is 9.18 Å². The Balaban J connectivity index is 1.74. The third-order valence-electron chi connectivity index (χ3n) is 3.11. The Labute approximate surface area is 146 Å². The molecule has 3 rings (SSSR count). The SMILES string of the molecule is O=C(Nc1ccc(F)cc1)c1cccc(Oc2cccc(Br)n2)c1. The number of benzene rings is 2. The van der Waals surface area contributed by atoms with E-state index in [-0.39, 0.29) is 11.7 Å². The predicted octanol–water partition coefficient (Wildman–Crippen LogP) is 5.03. The quantitative estimate of drug-likeness (QED) is 0.639. The highest BCUT2D eigenvalue weighted by atomic mass is 79.9. The molecule has 0 aliphatic rings. The van der Waals surface area contributed by atoms with Crippen molar-refractivity contribution in [2.24, 2.45) is 0 Å². The summed E-state index contributed by atoms with van der Waals surface area (Å²) < 4.78 is 19.2. The van der Waals surface area contributed by atoms with Gasteiger partial charge in [-0.25, -0.2) is 9.37 Å². The molecular weight excluding hydrogens is 375 g/mol. The van der Waals surface area contributed by atoms with Crippen LogP contribution in [0.2, 0.25) is 0 Å². The van der Waals surface area contributed by atoms with Crippen LogP contribution in [0.5, 0.6) is 11.6 Å². The summed E-state index contributed by atoms with van der Waals surface area (Å²) in [6.45, 7) is 0. The zero-order chi connectivity index (χ0) is 16.9. The van der Waals surface area contributed by atoms with Crippen molar-refractivity contribution in [2.45, 2.75) is 0 Å². The molecule has 1 aromatic heterocycles. The number of nitrogens with one attached hydrogen (secondary N) is 1. The van der Waals surface area contributed by atoms with Crippen LogP contribution >= 0.6 is 15.9 Å². The molecule has 0 radical (unpaired) electrons. The molecule has 0 fully saturated rings. The predicted molar refractivity (Wildman–Crippen MR) is 92.8 cm³/mol. The van der Waals surface area contributed by atoms with E-state index in [0.717, 1.165) is 0 Å². The smallest absolute Gasteiger partial charge is 0.255 e. The molecule has 1 amide bonds. The summed E-state index contributed by atoms with van der Waals surface area (Å²) in [6, 6.07) is 17.6. The van der Waals surface area contributed by atoms with Gasteiger partial charge in [0.15, 0.2) is 0 Å². The number of carbonyl (C=O) groups is 1. The van der Waals surface area contributed by atoms with E-state index in [4.69, 9.17) is 4.74 Å². The highest BCUT2D eigenvalue weighted by Crippen LogP contribution is 2.22. The summed E-state index contributed by atoms with van der Waals surface area (Å²) in [6.07, 6.45) is 0. The monoisotopic (exact) mass is 386 g/mol. The normalized spacial score (nSPS) is 10.2. The van der Waals surface area contributed by atoms with Crippen LogP contribution in [0.25, 0.3) is 0 Å². The zero-order valence-corrected chi connectivity index (χ0v) is 14.0. The third-order valence-corrected chi connectivity index (χ3v) is 3.55. The molecule has 120 valence electrons. The number of nitrogens with zero attached hydrogens (tertiary/aromatic N) is 1. The molecule has 2 aromatic carbocycles. The van der Waals surface area contributed by atoms with Crippen LogP contribution in [0.4, 0.5) is 10.1 Å². The first-order chi connectivity index (χ1) is 11.6. The fourth-order valence-corrected chi connectivity index (χ4v) is 2.33. The number of halogens is 2. The molecule has 0 saturated heterocycles. The highest BCUT2D eigenvalue weighted by Gasteiger charge is 2.08. The second-order valence-corrected chi connectivity index (χ2v) is 5.70. The summed E-state index contributed by atoms with van der Waals surface area (Å²) in [5.41, 5.74) is 0.938. The van der Waals surface area contributed by atoms with Gasteiger partial charge in [0.25, 0.3) is 5.91 Å². The van der Waals surface area contributed by atoms with E-state index < -0.39 is 0 Å². The van der Waals surface area contributed by atoms with E-state index in [1.165, 1.54) is 24.3 Å². The average Bonchev–Trinajstić information content (AvgIpc) is 2.57. The number of hydrogen-bond acceptors (Lipinski definition) is 3. The summed E-state index contributed by atoms with van der Waals surface area (Å²) in [4.78, 5) is 16.5. The van der Waals surface area contributed by atoms with Crippen molar-refractivity contribution >= 4 is 27.5 Å². The molecule has 24 heavy (non-hydrogen) atoms. The van der Waals surface area contributed by atoms with Gasteiger partial charge in [0.2, 0.25) is 5.88 Å². The van der Waals surface area contributed by atoms with Crippen LogP contribution in [0.3, 0.4) is 0 Å². The molecule has 1 N–H and O–H groups in total. The summed E-state index contributed by atoms with van der Waals surface area (Å²) in [7, 11) is 0. The maximum absolute atomic E-state index is 12.9. The molecule has 0 saturated carbocycles. The lowest BCUT2D eigenvalue weighted by Crippen LogP contribution is -2.11. The molecule has 3 aromatic rings. The Bertz CT molecular complexity index is 869. The Morgan fingerprint density at radius 1 is 1.04 bits per heavy atom. The number of pyridine rings is 1. The fraction of sp³-hybridized carbons (Fsp3) is 0. The van der Waals surface area contributed by atoms with Gasteiger partial charge in [-0.2, -0.15) is 0 Å². The van der Waals surface area contributed by atoms with E-state index in [2.05, 4.69) is 26.2 Å². The van der Waals surface area contributed by atoms with Crippen LogP contribution < -0.4 is 10.1 Å². The molecule has 0 spiro atoms. The summed E-state index contributed by atoms with van der Waals surface area (Å²) in [5.74, 6) is 0.243. The Morgan fingerprint density at radius 2 is 1.79 bits per heavy atom. The molecule has 0 bridgehead atoms. The Morgan fingerprint density at radius 3 is 2.54 bits per heavy atom. The first-order valence-electron chi connectivity index (χ1n) is 7.07. The van der Waals surface area contributed by atoms with Crippen molar-refractivity contribution in [3.63, 3.8) is 0 Å². The lowest BCUT2D eigenvalue weighted by molar-refractivity contribution is 0.102. The van der Waals surface area contributed by atoms with Crippen molar-refractivity contribution in [2.75, 3.05) is 5.32 Å². The van der Waals surface area contributed by atoms with Gasteiger partial charge in [-0.1, -0.05) is 12.1 Å². The first kappa shape index (κ1) is 16.1. The van der Waals surface area contributed by atoms with Crippen molar-refractivity contribution in [1.29, 1.82) is 0 Å². The average molecular weight is 387 g/mol. The van der Waals surface area contributed by atoms with Gasteiger partial charge < -0.3 is 10.1 Å². The van der Waals surface area contributed by atoms with Crippen molar-refractivity contribution in [1.82, 2.24) is 4.98 Å². The molecule has 0 atom stereocenters. The minimum Gasteiger partial charge on any atom is -0.439 e. The zero-order valence-electron chi connectivity index (χ0n) is 12.4. The van der Waals surface area contributed by atoms with E-state index >= 15 is 0 Å². The molecule has 0 aliphatic heterocycles. The number of carbonyl (C=O) groups excluding carboxylic acids is 1. The van der Waals surface area contributed by atoms with Crippen LogP contribution in [0.15, 0.2) is 71.3 Å². The second-order valence-electron chi connectivity index (χ2n) is 4.89. The Kier molecular flexibility index (Phi) is 4.86. The largest absolute Gasteiger partial charge is 0.439 e. The second kappa shape index (κ2) is 7.23. The van der Waals surface area contributed by atoms with Gasteiger partial charge in [0.05, 0.1) is 0 Å². The van der Waals surface area contributed by atoms with Gasteiger partial charge in [-0.3, -0.25) is 4.79 Å². The summed E-state index contributed by atoms with van der Waals surface area (Å²) in [5, 5.41) is 2.70. The number of ether oxygens (including phenoxy) is 1. The van der Waals surface area contributed by atoms with Crippen LogP contribution in [0, 0.1) is 5.82 Å². The van der Waals surface area contributed by atoms with Crippen molar-refractivity contribution < 1.29 is 13.9 Å². The van der Waals surface area contributed by atoms with E-state index in [1.807, 2.05) is 0 Å². The molecule has 6 heteroatoms. The number of amides is 1. The lowest BCUT2D eigenvalue weighted by atomic mass is 10.2. The van der Waals surface area contributed by atoms with Crippen LogP contribution in [-0.2, 0) is 0 Å². The third kappa shape index (κ3) is 4.17. The molecule has 4 nitrogen and oxygen atoms in total. The van der Waals surface area contributed by atoms with Crippen molar-refractivity contribution in [3.05, 3.63) is 82.7 Å². The minimum absolute atomic E-state index is 0.311. The van der Waals surface area contributed by atoms with Crippen LogP contribution in [-0.4, -0.2) is 10.9 Å². The van der Waals surface area contributed by atoms with Gasteiger partial charge in [-0.15, -0.1) is 0 Å². The van der Waals surface area contributed by atoms with Gasteiger partial charge in [0.1, 0.15) is 16.2 Å². The number of hydrogen-bond donors (Lipinski definition) is 1. The molecule has 0 unspecified atom stereocenters. The first-order valence-corrected chi connectivity index (χ1v) is 7.87. The van der Waals surface area contributed by atoms with Gasteiger partial charge in [0, 0.05) is 17.3 Å². The van der Waals surface area contributed by atoms with E-state index in [1.54, 1.807) is 42.5 Å². The maximum Gasteiger partial charge on any atom is 0.255 e. The Hall–Kier alpha value is -2.73. The standard InChI is InChI=1S/C18H12BrFN2O2/c19-16-5-2-6-17(22-16)24-15-4-1-3-12(11-15)18(23)21-14-9-7-13(20)8-10-14/h1-11H,(H,21,23). The van der Waals surface area contributed by atoms with Gasteiger partial charge in [-0.05, 0) is 64.5 Å². The number of anilines is 1. The molecule has 0 aliphatic carbocycles. The molecule has 1 heterocycles. The van der Waals surface area contributed by atoms with Crippen LogP contribution in [0.1, 0.15) is 10.4 Å². The lowest BCUT2D eigenvalue weighted by Gasteiger charge is -2.08. The van der Waals surface area contributed by atoms with Crippen molar-refractivity contribution in [3.8, 4) is 11.6 Å². The topological polar surface area (TPSA) is 51.2 Å². The summed E-state index contributed by atoms with van der Waals surface area (Å²) >= 11 is 3.27. The number of rotatable bonds is 4. The van der Waals surface area contributed by atoms with Gasteiger partial charge >= 0.3 is 0 Å². The fourth-order valence-electron chi connectivity index (χ4n) is 2.00. The van der Waals surface area contributed by atoms with E-state index in [0.29, 0.717) is 27.5 Å². The minimum atomic E-state index is -0.357. The maximum atomic E-state index is 12.9. The number of aromatic nitrogens is 1.